The number of rotatable bonds is 6. The van der Waals surface area contributed by atoms with Crippen LogP contribution in [-0.4, -0.2) is 18.5 Å². The van der Waals surface area contributed by atoms with E-state index in [0.29, 0.717) is 42.4 Å². The number of carbonyl (C=O) groups excluding carboxylic acids is 1. The van der Waals surface area contributed by atoms with E-state index in [1.165, 1.54) is 12.5 Å². The normalized spacial score (nSPS) is 19.6. The average Bonchev–Trinajstić information content (AvgIpc) is 3.09. The van der Waals surface area contributed by atoms with E-state index in [4.69, 9.17) is 10.2 Å². The quantitative estimate of drug-likeness (QED) is 0.793. The molecule has 0 saturated heterocycles. The van der Waals surface area contributed by atoms with E-state index in [1.54, 1.807) is 30.3 Å². The van der Waals surface area contributed by atoms with Crippen molar-refractivity contribution in [3.8, 4) is 11.3 Å². The molecule has 6 heteroatoms. The number of hydrogen-bond donors (Lipinski definition) is 2. The molecule has 1 fully saturated rings. The molecule has 1 aromatic heterocycles. The minimum absolute atomic E-state index is 0. The summed E-state index contributed by atoms with van der Waals surface area (Å²) >= 11 is 0. The first-order valence-corrected chi connectivity index (χ1v) is 9.00. The Kier molecular flexibility index (Phi) is 7.66. The molecule has 3 N–H and O–H groups in total. The number of nitrogens with two attached hydrogens (primary N) is 1. The number of hydrogen-bond acceptors (Lipinski definition) is 3. The first-order valence-electron chi connectivity index (χ1n) is 9.00. The molecule has 1 amide bonds. The van der Waals surface area contributed by atoms with Crippen LogP contribution in [-0.2, 0) is 11.2 Å². The maximum Gasteiger partial charge on any atom is 0.220 e. The fourth-order valence-electron chi connectivity index (χ4n) is 3.51. The molecule has 0 spiro atoms. The Hall–Kier alpha value is -1.85. The summed E-state index contributed by atoms with van der Waals surface area (Å²) in [6, 6.07) is 10.2. The third-order valence-corrected chi connectivity index (χ3v) is 4.96. The van der Waals surface area contributed by atoms with E-state index >= 15 is 0 Å². The van der Waals surface area contributed by atoms with Gasteiger partial charge in [0, 0.05) is 18.9 Å². The Morgan fingerprint density at radius 2 is 1.96 bits per heavy atom. The third-order valence-electron chi connectivity index (χ3n) is 4.96. The van der Waals surface area contributed by atoms with Crippen molar-refractivity contribution in [1.29, 1.82) is 0 Å². The Balaban J connectivity index is 0.00000243. The lowest BCUT2D eigenvalue weighted by Gasteiger charge is -2.31. The maximum atomic E-state index is 13.8. The predicted octanol–water partition coefficient (Wildman–Crippen LogP) is 4.07. The van der Waals surface area contributed by atoms with E-state index in [2.05, 4.69) is 5.32 Å². The Morgan fingerprint density at radius 1 is 1.19 bits per heavy atom. The standard InChI is InChI=1S/C20H25FN2O2.ClH/c21-17-7-3-2-6-16(17)19-11-9-15(25-19)10-12-20(24)23-18-8-4-1-5-14(18)13-22;/h2-3,6-7,9,11,14,18H,1,4-5,8,10,12-13,22H2,(H,23,24);1H. The number of halogens is 2. The van der Waals surface area contributed by atoms with Gasteiger partial charge < -0.3 is 15.5 Å². The number of furan rings is 1. The first kappa shape index (κ1) is 20.5. The largest absolute Gasteiger partial charge is 0.461 e. The van der Waals surface area contributed by atoms with Crippen molar-refractivity contribution in [3.63, 3.8) is 0 Å². The van der Waals surface area contributed by atoms with Crippen molar-refractivity contribution in [2.45, 2.75) is 44.6 Å². The molecule has 0 radical (unpaired) electrons. The highest BCUT2D eigenvalue weighted by Gasteiger charge is 2.25. The van der Waals surface area contributed by atoms with Gasteiger partial charge in [0.2, 0.25) is 5.91 Å². The third kappa shape index (κ3) is 5.08. The molecule has 2 unspecified atom stereocenters. The molecule has 1 saturated carbocycles. The number of carbonyl (C=O) groups is 1. The zero-order valence-corrected chi connectivity index (χ0v) is 15.6. The summed E-state index contributed by atoms with van der Waals surface area (Å²) < 4.78 is 19.5. The van der Waals surface area contributed by atoms with E-state index in [1.807, 2.05) is 0 Å². The lowest BCUT2D eigenvalue weighted by atomic mass is 9.84. The van der Waals surface area contributed by atoms with Gasteiger partial charge in [-0.25, -0.2) is 4.39 Å². The monoisotopic (exact) mass is 380 g/mol. The molecule has 1 heterocycles. The fraction of sp³-hybridized carbons (Fsp3) is 0.450. The van der Waals surface area contributed by atoms with Gasteiger partial charge in [-0.1, -0.05) is 25.0 Å². The lowest BCUT2D eigenvalue weighted by Crippen LogP contribution is -2.44. The SMILES string of the molecule is Cl.NCC1CCCCC1NC(=O)CCc1ccc(-c2ccccc2F)o1. The summed E-state index contributed by atoms with van der Waals surface area (Å²) in [5, 5.41) is 3.12. The summed E-state index contributed by atoms with van der Waals surface area (Å²) in [6.45, 7) is 0.620. The molecule has 0 aliphatic heterocycles. The van der Waals surface area contributed by atoms with Crippen LogP contribution in [0.4, 0.5) is 4.39 Å². The molecule has 26 heavy (non-hydrogen) atoms. The van der Waals surface area contributed by atoms with Crippen LogP contribution >= 0.6 is 12.4 Å². The average molecular weight is 381 g/mol. The van der Waals surface area contributed by atoms with Gasteiger partial charge in [0.05, 0.1) is 5.56 Å². The molecule has 1 aromatic carbocycles. The minimum atomic E-state index is -0.314. The van der Waals surface area contributed by atoms with Crippen molar-refractivity contribution >= 4 is 18.3 Å². The fourth-order valence-corrected chi connectivity index (χ4v) is 3.51. The van der Waals surface area contributed by atoms with E-state index < -0.39 is 0 Å². The maximum absolute atomic E-state index is 13.8. The van der Waals surface area contributed by atoms with E-state index in [-0.39, 0.29) is 30.2 Å². The lowest BCUT2D eigenvalue weighted by molar-refractivity contribution is -0.122. The van der Waals surface area contributed by atoms with E-state index in [0.717, 1.165) is 19.3 Å². The van der Waals surface area contributed by atoms with Gasteiger partial charge >= 0.3 is 0 Å². The second-order valence-electron chi connectivity index (χ2n) is 6.70. The molecule has 2 aromatic rings. The molecule has 2 atom stereocenters. The van der Waals surface area contributed by atoms with Gasteiger partial charge in [-0.3, -0.25) is 4.79 Å². The number of nitrogens with one attached hydrogen (secondary N) is 1. The van der Waals surface area contributed by atoms with Crippen LogP contribution in [0.2, 0.25) is 0 Å². The van der Waals surface area contributed by atoms with Crippen molar-refractivity contribution in [3.05, 3.63) is 48.0 Å². The summed E-state index contributed by atoms with van der Waals surface area (Å²) in [4.78, 5) is 12.2. The van der Waals surface area contributed by atoms with Crippen molar-refractivity contribution < 1.29 is 13.6 Å². The smallest absolute Gasteiger partial charge is 0.220 e. The molecule has 142 valence electrons. The zero-order chi connectivity index (χ0) is 17.6. The van der Waals surface area contributed by atoms with Crippen LogP contribution in [0.1, 0.15) is 37.9 Å². The predicted molar refractivity (Wildman–Crippen MR) is 103 cm³/mol. The topological polar surface area (TPSA) is 68.3 Å². The summed E-state index contributed by atoms with van der Waals surface area (Å²) in [5.41, 5.74) is 6.24. The molecular weight excluding hydrogens is 355 g/mol. The minimum Gasteiger partial charge on any atom is -0.461 e. The zero-order valence-electron chi connectivity index (χ0n) is 14.7. The van der Waals surface area contributed by atoms with Crippen LogP contribution in [0.25, 0.3) is 11.3 Å². The Bertz CT molecular complexity index is 719. The number of amides is 1. The first-order chi connectivity index (χ1) is 12.2. The Morgan fingerprint density at radius 3 is 2.73 bits per heavy atom. The van der Waals surface area contributed by atoms with Gasteiger partial charge in [-0.15, -0.1) is 12.4 Å². The molecular formula is C20H26ClFN2O2. The van der Waals surface area contributed by atoms with Gasteiger partial charge in [0.1, 0.15) is 17.3 Å². The molecule has 1 aliphatic rings. The van der Waals surface area contributed by atoms with Gasteiger partial charge in [-0.2, -0.15) is 0 Å². The van der Waals surface area contributed by atoms with Crippen molar-refractivity contribution in [2.24, 2.45) is 11.7 Å². The van der Waals surface area contributed by atoms with Crippen LogP contribution in [0.3, 0.4) is 0 Å². The van der Waals surface area contributed by atoms with E-state index in [9.17, 15) is 9.18 Å². The molecule has 3 rings (SSSR count). The van der Waals surface area contributed by atoms with Crippen LogP contribution < -0.4 is 11.1 Å². The van der Waals surface area contributed by atoms with Crippen LogP contribution in [0.5, 0.6) is 0 Å². The molecule has 1 aliphatic carbocycles. The summed E-state index contributed by atoms with van der Waals surface area (Å²) in [7, 11) is 0. The summed E-state index contributed by atoms with van der Waals surface area (Å²) in [5.74, 6) is 1.27. The van der Waals surface area contributed by atoms with Crippen molar-refractivity contribution in [1.82, 2.24) is 5.32 Å². The van der Waals surface area contributed by atoms with Gasteiger partial charge in [0.15, 0.2) is 0 Å². The number of aryl methyl sites for hydroxylation is 1. The second-order valence-corrected chi connectivity index (χ2v) is 6.70. The Labute approximate surface area is 159 Å². The summed E-state index contributed by atoms with van der Waals surface area (Å²) in [6.07, 6.45) is 5.29. The highest BCUT2D eigenvalue weighted by molar-refractivity contribution is 5.85. The highest BCUT2D eigenvalue weighted by atomic mass is 35.5. The van der Waals surface area contributed by atoms with Crippen LogP contribution in [0.15, 0.2) is 40.8 Å². The van der Waals surface area contributed by atoms with Crippen LogP contribution in [0, 0.1) is 11.7 Å². The highest BCUT2D eigenvalue weighted by Crippen LogP contribution is 2.26. The molecule has 4 nitrogen and oxygen atoms in total. The van der Waals surface area contributed by atoms with Gasteiger partial charge in [0.25, 0.3) is 0 Å². The second kappa shape index (κ2) is 9.74. The molecule has 0 bridgehead atoms. The van der Waals surface area contributed by atoms with Gasteiger partial charge in [-0.05, 0) is 49.6 Å². The van der Waals surface area contributed by atoms with Crippen molar-refractivity contribution in [2.75, 3.05) is 6.54 Å². The number of benzene rings is 1.